The van der Waals surface area contributed by atoms with Crippen molar-refractivity contribution in [1.29, 1.82) is 0 Å². The number of hydrogen-bond acceptors (Lipinski definition) is 2. The van der Waals surface area contributed by atoms with Crippen LogP contribution in [-0.4, -0.2) is 30.6 Å². The van der Waals surface area contributed by atoms with Crippen LogP contribution in [-0.2, 0) is 0 Å². The van der Waals surface area contributed by atoms with Crippen LogP contribution in [0.2, 0.25) is 0 Å². The third-order valence-electron chi connectivity index (χ3n) is 5.41. The molecule has 3 rings (SSSR count). The van der Waals surface area contributed by atoms with E-state index in [0.29, 0.717) is 11.6 Å². The van der Waals surface area contributed by atoms with Crippen molar-refractivity contribution in [3.05, 3.63) is 35.9 Å². The zero-order valence-corrected chi connectivity index (χ0v) is 12.8. The summed E-state index contributed by atoms with van der Waals surface area (Å²) in [5, 5.41) is 3.66. The second-order valence-corrected chi connectivity index (χ2v) is 6.49. The van der Waals surface area contributed by atoms with Crippen LogP contribution in [0.1, 0.15) is 56.6 Å². The number of rotatable bonds is 4. The summed E-state index contributed by atoms with van der Waals surface area (Å²) in [7, 11) is 2.14. The molecule has 110 valence electrons. The highest BCUT2D eigenvalue weighted by atomic mass is 15.2. The second-order valence-electron chi connectivity index (χ2n) is 6.49. The molecule has 2 aliphatic rings. The van der Waals surface area contributed by atoms with Crippen LogP contribution in [0.4, 0.5) is 0 Å². The lowest BCUT2D eigenvalue weighted by molar-refractivity contribution is 0.0384. The van der Waals surface area contributed by atoms with E-state index in [4.69, 9.17) is 0 Å². The molecule has 1 N–H and O–H groups in total. The van der Waals surface area contributed by atoms with Gasteiger partial charge >= 0.3 is 0 Å². The number of piperidine rings is 1. The molecule has 0 amide bonds. The minimum absolute atomic E-state index is 0.358. The van der Waals surface area contributed by atoms with Gasteiger partial charge in [0.25, 0.3) is 0 Å². The highest BCUT2D eigenvalue weighted by Gasteiger charge is 2.45. The zero-order valence-electron chi connectivity index (χ0n) is 12.8. The monoisotopic (exact) mass is 272 g/mol. The first-order chi connectivity index (χ1) is 9.87. The van der Waals surface area contributed by atoms with E-state index < -0.39 is 0 Å². The maximum atomic E-state index is 3.66. The van der Waals surface area contributed by atoms with Crippen LogP contribution in [0.5, 0.6) is 0 Å². The first-order valence-corrected chi connectivity index (χ1v) is 8.34. The van der Waals surface area contributed by atoms with Gasteiger partial charge in [-0.25, -0.2) is 0 Å². The Hall–Kier alpha value is -0.860. The van der Waals surface area contributed by atoms with Crippen molar-refractivity contribution < 1.29 is 0 Å². The number of hydrogen-bond donors (Lipinski definition) is 1. The molecule has 1 aromatic carbocycles. The van der Waals surface area contributed by atoms with Crippen LogP contribution < -0.4 is 5.32 Å². The fraction of sp³-hybridized carbons (Fsp3) is 0.667. The molecule has 1 saturated carbocycles. The van der Waals surface area contributed by atoms with Crippen LogP contribution in [0.15, 0.2) is 30.3 Å². The SMILES string of the molecule is CNC(c1ccccc1)C1(N2CCCCC2)CCCC1. The molecule has 1 aromatic rings. The average Bonchev–Trinajstić information content (AvgIpc) is 3.01. The molecule has 2 heteroatoms. The molecular weight excluding hydrogens is 244 g/mol. The zero-order chi connectivity index (χ0) is 13.8. The summed E-state index contributed by atoms with van der Waals surface area (Å²) in [5.74, 6) is 0. The van der Waals surface area contributed by atoms with E-state index in [-0.39, 0.29) is 0 Å². The standard InChI is InChI=1S/C18H28N2/c1-19-17(16-10-4-2-5-11-16)18(12-6-7-13-18)20-14-8-3-9-15-20/h2,4-5,10-11,17,19H,3,6-9,12-15H2,1H3. The van der Waals surface area contributed by atoms with Crippen LogP contribution in [0, 0.1) is 0 Å². The second kappa shape index (κ2) is 6.28. The van der Waals surface area contributed by atoms with E-state index in [1.54, 1.807) is 0 Å². The van der Waals surface area contributed by atoms with Gasteiger partial charge in [-0.15, -0.1) is 0 Å². The van der Waals surface area contributed by atoms with Gasteiger partial charge in [0.2, 0.25) is 0 Å². The molecule has 0 spiro atoms. The van der Waals surface area contributed by atoms with Crippen molar-refractivity contribution in [1.82, 2.24) is 10.2 Å². The number of nitrogens with zero attached hydrogens (tertiary/aromatic N) is 1. The van der Waals surface area contributed by atoms with Crippen LogP contribution >= 0.6 is 0 Å². The molecule has 1 aliphatic carbocycles. The van der Waals surface area contributed by atoms with Crippen molar-refractivity contribution in [2.75, 3.05) is 20.1 Å². The minimum Gasteiger partial charge on any atom is -0.311 e. The Labute approximate surface area is 123 Å². The number of likely N-dealkylation sites (N-methyl/N-ethyl adjacent to an activating group) is 1. The summed E-state index contributed by atoms with van der Waals surface area (Å²) in [4.78, 5) is 2.82. The summed E-state index contributed by atoms with van der Waals surface area (Å²) in [6.45, 7) is 2.59. The Morgan fingerprint density at radius 2 is 1.60 bits per heavy atom. The van der Waals surface area contributed by atoms with E-state index in [0.717, 1.165) is 0 Å². The first-order valence-electron chi connectivity index (χ1n) is 8.34. The Balaban J connectivity index is 1.91. The van der Waals surface area contributed by atoms with E-state index in [2.05, 4.69) is 47.6 Å². The molecule has 0 bridgehead atoms. The quantitative estimate of drug-likeness (QED) is 0.898. The fourth-order valence-electron chi connectivity index (χ4n) is 4.51. The van der Waals surface area contributed by atoms with Crippen molar-refractivity contribution in [3.63, 3.8) is 0 Å². The maximum Gasteiger partial charge on any atom is 0.0504 e. The predicted molar refractivity (Wildman–Crippen MR) is 84.9 cm³/mol. The lowest BCUT2D eigenvalue weighted by Crippen LogP contribution is -2.56. The summed E-state index contributed by atoms with van der Waals surface area (Å²) < 4.78 is 0. The molecular formula is C18H28N2. The number of likely N-dealkylation sites (tertiary alicyclic amines) is 1. The molecule has 1 atom stereocenters. The van der Waals surface area contributed by atoms with E-state index >= 15 is 0 Å². The largest absolute Gasteiger partial charge is 0.311 e. The minimum atomic E-state index is 0.358. The van der Waals surface area contributed by atoms with Crippen molar-refractivity contribution in [2.24, 2.45) is 0 Å². The highest BCUT2D eigenvalue weighted by Crippen LogP contribution is 2.45. The van der Waals surface area contributed by atoms with Crippen molar-refractivity contribution in [3.8, 4) is 0 Å². The summed E-state index contributed by atoms with van der Waals surface area (Å²) >= 11 is 0. The smallest absolute Gasteiger partial charge is 0.0504 e. The van der Waals surface area contributed by atoms with Gasteiger partial charge in [0, 0.05) is 5.54 Å². The van der Waals surface area contributed by atoms with Gasteiger partial charge in [0.05, 0.1) is 6.04 Å². The Morgan fingerprint density at radius 3 is 2.20 bits per heavy atom. The van der Waals surface area contributed by atoms with Crippen molar-refractivity contribution in [2.45, 2.75) is 56.5 Å². The first kappa shape index (κ1) is 14.1. The molecule has 1 saturated heterocycles. The summed E-state index contributed by atoms with van der Waals surface area (Å²) in [6, 6.07) is 11.6. The summed E-state index contributed by atoms with van der Waals surface area (Å²) in [6.07, 6.45) is 9.67. The lowest BCUT2D eigenvalue weighted by atomic mass is 9.81. The van der Waals surface area contributed by atoms with Gasteiger partial charge in [0.15, 0.2) is 0 Å². The van der Waals surface area contributed by atoms with Crippen LogP contribution in [0.3, 0.4) is 0 Å². The maximum absolute atomic E-state index is 3.66. The van der Waals surface area contributed by atoms with E-state index in [1.165, 1.54) is 63.6 Å². The molecule has 0 radical (unpaired) electrons. The van der Waals surface area contributed by atoms with Gasteiger partial charge in [-0.2, -0.15) is 0 Å². The highest BCUT2D eigenvalue weighted by molar-refractivity contribution is 5.24. The van der Waals surface area contributed by atoms with Gasteiger partial charge < -0.3 is 5.32 Å². The predicted octanol–water partition coefficient (Wildman–Crippen LogP) is 3.75. The average molecular weight is 272 g/mol. The van der Waals surface area contributed by atoms with Crippen molar-refractivity contribution >= 4 is 0 Å². The topological polar surface area (TPSA) is 15.3 Å². The normalized spacial score (nSPS) is 24.6. The number of nitrogens with one attached hydrogen (secondary N) is 1. The molecule has 1 unspecified atom stereocenters. The Bertz CT molecular complexity index is 403. The third kappa shape index (κ3) is 2.51. The van der Waals surface area contributed by atoms with Gasteiger partial charge in [0.1, 0.15) is 0 Å². The Morgan fingerprint density at radius 1 is 0.950 bits per heavy atom. The third-order valence-corrected chi connectivity index (χ3v) is 5.41. The molecule has 20 heavy (non-hydrogen) atoms. The van der Waals surface area contributed by atoms with Gasteiger partial charge in [-0.1, -0.05) is 49.6 Å². The van der Waals surface area contributed by atoms with Gasteiger partial charge in [-0.3, -0.25) is 4.90 Å². The van der Waals surface area contributed by atoms with E-state index in [1.807, 2.05) is 0 Å². The molecule has 0 aromatic heterocycles. The Kier molecular flexibility index (Phi) is 4.42. The molecule has 1 aliphatic heterocycles. The van der Waals surface area contributed by atoms with Gasteiger partial charge in [-0.05, 0) is 51.4 Å². The molecule has 1 heterocycles. The summed E-state index contributed by atoms with van der Waals surface area (Å²) in [5.41, 5.74) is 1.82. The fourth-order valence-corrected chi connectivity index (χ4v) is 4.51. The number of benzene rings is 1. The molecule has 2 nitrogen and oxygen atoms in total. The van der Waals surface area contributed by atoms with Crippen LogP contribution in [0.25, 0.3) is 0 Å². The van der Waals surface area contributed by atoms with E-state index in [9.17, 15) is 0 Å². The lowest BCUT2D eigenvalue weighted by Gasteiger charge is -2.48. The molecule has 2 fully saturated rings.